The highest BCUT2D eigenvalue weighted by molar-refractivity contribution is 5.97. The van der Waals surface area contributed by atoms with Gasteiger partial charge in [-0.1, -0.05) is 24.6 Å². The van der Waals surface area contributed by atoms with Crippen LogP contribution in [0.5, 0.6) is 0 Å². The zero-order valence-corrected chi connectivity index (χ0v) is 11.6. The van der Waals surface area contributed by atoms with Crippen LogP contribution in [-0.2, 0) is 4.79 Å². The molecule has 4 heteroatoms. The standard InChI is InChI=1S/C15H22N2O2/c1-11-3-5-13(6-4-11)17-10-12(2)9-16-14(7-8-18)15(17)19/h3-6,12,14,16,18H,7-10H2,1-2H3. The summed E-state index contributed by atoms with van der Waals surface area (Å²) in [7, 11) is 0. The van der Waals surface area contributed by atoms with Gasteiger partial charge in [0.2, 0.25) is 5.91 Å². The molecule has 4 nitrogen and oxygen atoms in total. The minimum Gasteiger partial charge on any atom is -0.396 e. The lowest BCUT2D eigenvalue weighted by atomic mass is 10.1. The highest BCUT2D eigenvalue weighted by Crippen LogP contribution is 2.20. The van der Waals surface area contributed by atoms with Gasteiger partial charge in [-0.15, -0.1) is 0 Å². The molecule has 1 aliphatic rings. The Morgan fingerprint density at radius 3 is 2.68 bits per heavy atom. The monoisotopic (exact) mass is 262 g/mol. The van der Waals surface area contributed by atoms with Crippen molar-refractivity contribution in [2.45, 2.75) is 26.3 Å². The molecule has 1 heterocycles. The molecule has 1 saturated heterocycles. The molecular weight excluding hydrogens is 240 g/mol. The molecule has 2 rings (SSSR count). The Kier molecular flexibility index (Phi) is 4.56. The second kappa shape index (κ2) is 6.17. The molecule has 1 aromatic rings. The number of carbonyl (C=O) groups excluding carboxylic acids is 1. The van der Waals surface area contributed by atoms with Crippen LogP contribution in [0.1, 0.15) is 18.9 Å². The van der Waals surface area contributed by atoms with Gasteiger partial charge >= 0.3 is 0 Å². The summed E-state index contributed by atoms with van der Waals surface area (Å²) in [5.41, 5.74) is 2.12. The van der Waals surface area contributed by atoms with E-state index in [4.69, 9.17) is 5.11 Å². The average Bonchev–Trinajstić information content (AvgIpc) is 2.53. The summed E-state index contributed by atoms with van der Waals surface area (Å²) in [5, 5.41) is 12.3. The number of rotatable bonds is 3. The second-order valence-electron chi connectivity index (χ2n) is 5.36. The maximum atomic E-state index is 12.5. The van der Waals surface area contributed by atoms with E-state index >= 15 is 0 Å². The molecule has 0 aromatic heterocycles. The lowest BCUT2D eigenvalue weighted by Crippen LogP contribution is -2.44. The van der Waals surface area contributed by atoms with E-state index in [9.17, 15) is 4.79 Å². The fourth-order valence-corrected chi connectivity index (χ4v) is 2.40. The van der Waals surface area contributed by atoms with E-state index in [0.29, 0.717) is 12.3 Å². The molecule has 0 aliphatic carbocycles. The van der Waals surface area contributed by atoms with Gasteiger partial charge in [-0.3, -0.25) is 4.79 Å². The number of aliphatic hydroxyl groups is 1. The fourth-order valence-electron chi connectivity index (χ4n) is 2.40. The molecule has 2 N–H and O–H groups in total. The molecule has 0 radical (unpaired) electrons. The van der Waals surface area contributed by atoms with Crippen LogP contribution in [-0.4, -0.2) is 36.8 Å². The van der Waals surface area contributed by atoms with Crippen LogP contribution in [0.25, 0.3) is 0 Å². The number of hydrogen-bond donors (Lipinski definition) is 2. The molecule has 0 bridgehead atoms. The Bertz CT molecular complexity index is 430. The summed E-state index contributed by atoms with van der Waals surface area (Å²) < 4.78 is 0. The molecule has 1 amide bonds. The SMILES string of the molecule is Cc1ccc(N2CC(C)CNC(CCO)C2=O)cc1. The van der Waals surface area contributed by atoms with E-state index in [1.807, 2.05) is 36.1 Å². The van der Waals surface area contributed by atoms with E-state index in [0.717, 1.165) is 18.8 Å². The van der Waals surface area contributed by atoms with E-state index in [-0.39, 0.29) is 18.6 Å². The van der Waals surface area contributed by atoms with E-state index in [1.165, 1.54) is 5.56 Å². The largest absolute Gasteiger partial charge is 0.396 e. The predicted octanol–water partition coefficient (Wildman–Crippen LogP) is 1.32. The first-order chi connectivity index (χ1) is 9.11. The van der Waals surface area contributed by atoms with E-state index in [1.54, 1.807) is 0 Å². The third-order valence-electron chi connectivity index (χ3n) is 3.53. The lowest BCUT2D eigenvalue weighted by molar-refractivity contribution is -0.120. The molecule has 0 spiro atoms. The predicted molar refractivity (Wildman–Crippen MR) is 76.2 cm³/mol. The third-order valence-corrected chi connectivity index (χ3v) is 3.53. The molecule has 1 aromatic carbocycles. The third kappa shape index (κ3) is 3.33. The van der Waals surface area contributed by atoms with Crippen LogP contribution in [0.3, 0.4) is 0 Å². The van der Waals surface area contributed by atoms with Crippen molar-refractivity contribution in [1.82, 2.24) is 5.32 Å². The van der Waals surface area contributed by atoms with Crippen molar-refractivity contribution in [1.29, 1.82) is 0 Å². The summed E-state index contributed by atoms with van der Waals surface area (Å²) in [5.74, 6) is 0.455. The van der Waals surface area contributed by atoms with Crippen LogP contribution in [0.4, 0.5) is 5.69 Å². The van der Waals surface area contributed by atoms with Crippen molar-refractivity contribution in [3.63, 3.8) is 0 Å². The van der Waals surface area contributed by atoms with Crippen molar-refractivity contribution in [2.24, 2.45) is 5.92 Å². The zero-order chi connectivity index (χ0) is 13.8. The quantitative estimate of drug-likeness (QED) is 0.864. The van der Waals surface area contributed by atoms with Crippen molar-refractivity contribution in [2.75, 3.05) is 24.6 Å². The van der Waals surface area contributed by atoms with Crippen molar-refractivity contribution < 1.29 is 9.90 Å². The van der Waals surface area contributed by atoms with Gasteiger partial charge in [-0.05, 0) is 31.4 Å². The van der Waals surface area contributed by atoms with Crippen LogP contribution in [0.2, 0.25) is 0 Å². The topological polar surface area (TPSA) is 52.6 Å². The number of nitrogens with one attached hydrogen (secondary N) is 1. The first-order valence-electron chi connectivity index (χ1n) is 6.84. The summed E-state index contributed by atoms with van der Waals surface area (Å²) in [6.07, 6.45) is 0.466. The molecule has 104 valence electrons. The van der Waals surface area contributed by atoms with Gasteiger partial charge in [0.15, 0.2) is 0 Å². The zero-order valence-electron chi connectivity index (χ0n) is 11.6. The minimum atomic E-state index is -0.281. The lowest BCUT2D eigenvalue weighted by Gasteiger charge is -2.25. The summed E-state index contributed by atoms with van der Waals surface area (Å²) >= 11 is 0. The maximum Gasteiger partial charge on any atom is 0.244 e. The summed E-state index contributed by atoms with van der Waals surface area (Å²) in [6.45, 7) is 5.71. The van der Waals surface area contributed by atoms with Gasteiger partial charge in [-0.25, -0.2) is 0 Å². The number of amides is 1. The Morgan fingerprint density at radius 1 is 1.37 bits per heavy atom. The normalized spacial score (nSPS) is 24.4. The Morgan fingerprint density at radius 2 is 2.05 bits per heavy atom. The smallest absolute Gasteiger partial charge is 0.244 e. The van der Waals surface area contributed by atoms with Gasteiger partial charge in [0, 0.05) is 25.4 Å². The number of anilines is 1. The molecular formula is C15H22N2O2. The highest BCUT2D eigenvalue weighted by atomic mass is 16.3. The van der Waals surface area contributed by atoms with E-state index in [2.05, 4.69) is 12.2 Å². The number of aliphatic hydroxyl groups excluding tert-OH is 1. The van der Waals surface area contributed by atoms with Gasteiger partial charge in [0.25, 0.3) is 0 Å². The number of carbonyl (C=O) groups is 1. The fraction of sp³-hybridized carbons (Fsp3) is 0.533. The molecule has 1 fully saturated rings. The first kappa shape index (κ1) is 14.0. The number of hydrogen-bond acceptors (Lipinski definition) is 3. The Labute approximate surface area is 114 Å². The van der Waals surface area contributed by atoms with Gasteiger partial charge < -0.3 is 15.3 Å². The van der Waals surface area contributed by atoms with E-state index < -0.39 is 0 Å². The Hall–Kier alpha value is -1.39. The Balaban J connectivity index is 2.24. The molecule has 2 atom stereocenters. The molecule has 2 unspecified atom stereocenters. The maximum absolute atomic E-state index is 12.5. The van der Waals surface area contributed by atoms with Crippen LogP contribution >= 0.6 is 0 Å². The number of benzene rings is 1. The van der Waals surface area contributed by atoms with Crippen LogP contribution in [0, 0.1) is 12.8 Å². The first-order valence-corrected chi connectivity index (χ1v) is 6.84. The summed E-state index contributed by atoms with van der Waals surface area (Å²) in [4.78, 5) is 14.4. The minimum absolute atomic E-state index is 0.0273. The molecule has 0 saturated carbocycles. The van der Waals surface area contributed by atoms with Gasteiger partial charge in [0.05, 0.1) is 6.04 Å². The highest BCUT2D eigenvalue weighted by Gasteiger charge is 2.29. The van der Waals surface area contributed by atoms with Crippen molar-refractivity contribution in [3.8, 4) is 0 Å². The molecule has 19 heavy (non-hydrogen) atoms. The number of nitrogens with zero attached hydrogens (tertiary/aromatic N) is 1. The number of aryl methyl sites for hydroxylation is 1. The van der Waals surface area contributed by atoms with Gasteiger partial charge in [-0.2, -0.15) is 0 Å². The summed E-state index contributed by atoms with van der Waals surface area (Å²) in [6, 6.07) is 7.73. The molecule has 1 aliphatic heterocycles. The van der Waals surface area contributed by atoms with Gasteiger partial charge in [0.1, 0.15) is 0 Å². The average molecular weight is 262 g/mol. The van der Waals surface area contributed by atoms with Crippen LogP contribution in [0.15, 0.2) is 24.3 Å². The second-order valence-corrected chi connectivity index (χ2v) is 5.36. The van der Waals surface area contributed by atoms with Crippen LogP contribution < -0.4 is 10.2 Å². The van der Waals surface area contributed by atoms with Crippen molar-refractivity contribution >= 4 is 11.6 Å². The van der Waals surface area contributed by atoms with Crippen molar-refractivity contribution in [3.05, 3.63) is 29.8 Å².